The van der Waals surface area contributed by atoms with Crippen molar-refractivity contribution in [2.24, 2.45) is 0 Å². The number of phenolic OH excluding ortho intramolecular Hbond substituents is 1. The Labute approximate surface area is 129 Å². The largest absolute Gasteiger partial charge is 0.505 e. The summed E-state index contributed by atoms with van der Waals surface area (Å²) in [7, 11) is 1.22. The summed E-state index contributed by atoms with van der Waals surface area (Å²) >= 11 is 3.28. The number of halogens is 1. The molecule has 0 saturated carbocycles. The predicted octanol–water partition coefficient (Wildman–Crippen LogP) is 3.19. The molecule has 0 aromatic heterocycles. The number of nitrogens with one attached hydrogen (secondary N) is 1. The Kier molecular flexibility index (Phi) is 4.59. The number of ether oxygens (including phenoxy) is 1. The van der Waals surface area contributed by atoms with E-state index in [1.54, 1.807) is 30.3 Å². The van der Waals surface area contributed by atoms with Gasteiger partial charge in [0.05, 0.1) is 18.4 Å². The lowest BCUT2D eigenvalue weighted by Crippen LogP contribution is -2.13. The van der Waals surface area contributed by atoms with Crippen LogP contribution < -0.4 is 5.32 Å². The maximum Gasteiger partial charge on any atom is 0.341 e. The van der Waals surface area contributed by atoms with Crippen molar-refractivity contribution in [3.8, 4) is 5.75 Å². The van der Waals surface area contributed by atoms with Crippen LogP contribution in [0.4, 0.5) is 5.69 Å². The number of hydrogen-bond donors (Lipinski definition) is 2. The van der Waals surface area contributed by atoms with Gasteiger partial charge in [0.1, 0.15) is 5.56 Å². The molecule has 2 rings (SSSR count). The molecule has 2 aromatic rings. The van der Waals surface area contributed by atoms with Gasteiger partial charge in [0.2, 0.25) is 0 Å². The van der Waals surface area contributed by atoms with Gasteiger partial charge in [-0.2, -0.15) is 0 Å². The van der Waals surface area contributed by atoms with Crippen molar-refractivity contribution in [3.05, 3.63) is 58.1 Å². The van der Waals surface area contributed by atoms with Crippen molar-refractivity contribution in [2.75, 3.05) is 12.4 Å². The van der Waals surface area contributed by atoms with Crippen LogP contribution in [-0.4, -0.2) is 24.1 Å². The fraction of sp³-hybridized carbons (Fsp3) is 0.0667. The lowest BCUT2D eigenvalue weighted by atomic mass is 10.1. The fourth-order valence-electron chi connectivity index (χ4n) is 1.75. The molecule has 0 heterocycles. The molecule has 0 aliphatic heterocycles. The van der Waals surface area contributed by atoms with E-state index in [0.29, 0.717) is 10.0 Å². The zero-order chi connectivity index (χ0) is 15.4. The van der Waals surface area contributed by atoms with E-state index in [1.165, 1.54) is 19.2 Å². The molecule has 2 aromatic carbocycles. The number of amides is 1. The molecule has 0 aliphatic rings. The molecule has 108 valence electrons. The van der Waals surface area contributed by atoms with Gasteiger partial charge in [-0.05, 0) is 40.2 Å². The Morgan fingerprint density at radius 2 is 1.76 bits per heavy atom. The average molecular weight is 350 g/mol. The Hall–Kier alpha value is -2.34. The SMILES string of the molecule is COC(=O)c1cccc(NC(=O)c2ccccc2Br)c1O. The van der Waals surface area contributed by atoms with Gasteiger partial charge < -0.3 is 15.2 Å². The van der Waals surface area contributed by atoms with E-state index in [0.717, 1.165) is 0 Å². The van der Waals surface area contributed by atoms with Crippen molar-refractivity contribution >= 4 is 33.5 Å². The van der Waals surface area contributed by atoms with Gasteiger partial charge in [0, 0.05) is 4.47 Å². The third kappa shape index (κ3) is 3.22. The second-order valence-electron chi connectivity index (χ2n) is 4.13. The van der Waals surface area contributed by atoms with Gasteiger partial charge in [-0.3, -0.25) is 4.79 Å². The maximum atomic E-state index is 12.2. The number of carbonyl (C=O) groups is 2. The van der Waals surface area contributed by atoms with Gasteiger partial charge in [-0.25, -0.2) is 4.79 Å². The lowest BCUT2D eigenvalue weighted by Gasteiger charge is -2.10. The average Bonchev–Trinajstić information content (AvgIpc) is 2.49. The van der Waals surface area contributed by atoms with E-state index < -0.39 is 11.9 Å². The summed E-state index contributed by atoms with van der Waals surface area (Å²) in [5, 5.41) is 12.6. The number of methoxy groups -OCH3 is 1. The lowest BCUT2D eigenvalue weighted by molar-refractivity contribution is 0.0597. The summed E-state index contributed by atoms with van der Waals surface area (Å²) in [5.41, 5.74) is 0.543. The molecule has 0 radical (unpaired) electrons. The first-order chi connectivity index (χ1) is 10.0. The van der Waals surface area contributed by atoms with Gasteiger partial charge in [0.15, 0.2) is 5.75 Å². The first kappa shape index (κ1) is 15.1. The van der Waals surface area contributed by atoms with Crippen LogP contribution in [0.5, 0.6) is 5.75 Å². The minimum Gasteiger partial charge on any atom is -0.505 e. The molecule has 21 heavy (non-hydrogen) atoms. The van der Waals surface area contributed by atoms with Gasteiger partial charge >= 0.3 is 5.97 Å². The molecule has 1 amide bonds. The highest BCUT2D eigenvalue weighted by Gasteiger charge is 2.17. The maximum absolute atomic E-state index is 12.2. The van der Waals surface area contributed by atoms with Crippen molar-refractivity contribution in [1.29, 1.82) is 0 Å². The summed E-state index contributed by atoms with van der Waals surface area (Å²) < 4.78 is 5.19. The standard InChI is InChI=1S/C15H12BrNO4/c1-21-15(20)10-6-4-8-12(13(10)18)17-14(19)9-5-2-3-7-11(9)16/h2-8,18H,1H3,(H,17,19). The molecule has 6 heteroatoms. The quantitative estimate of drug-likeness (QED) is 0.659. The van der Waals surface area contributed by atoms with Crippen LogP contribution in [0.1, 0.15) is 20.7 Å². The molecule has 0 atom stereocenters. The number of aromatic hydroxyl groups is 1. The number of esters is 1. The molecular formula is C15H12BrNO4. The van der Waals surface area contributed by atoms with Crippen LogP contribution in [-0.2, 0) is 4.74 Å². The fourth-order valence-corrected chi connectivity index (χ4v) is 2.22. The van der Waals surface area contributed by atoms with Crippen LogP contribution >= 0.6 is 15.9 Å². The topological polar surface area (TPSA) is 75.6 Å². The van der Waals surface area contributed by atoms with Crippen LogP contribution in [0, 0.1) is 0 Å². The van der Waals surface area contributed by atoms with Crippen LogP contribution in [0.2, 0.25) is 0 Å². The van der Waals surface area contributed by atoms with Crippen molar-refractivity contribution in [2.45, 2.75) is 0 Å². The molecule has 0 bridgehead atoms. The number of carbonyl (C=O) groups excluding carboxylic acids is 2. The summed E-state index contributed by atoms with van der Waals surface area (Å²) in [5.74, 6) is -1.41. The van der Waals surface area contributed by atoms with E-state index in [4.69, 9.17) is 0 Å². The van der Waals surface area contributed by atoms with Gasteiger partial charge in [0.25, 0.3) is 5.91 Å². The first-order valence-electron chi connectivity index (χ1n) is 6.00. The van der Waals surface area contributed by atoms with Crippen LogP contribution in [0.15, 0.2) is 46.9 Å². The molecule has 5 nitrogen and oxygen atoms in total. The van der Waals surface area contributed by atoms with E-state index >= 15 is 0 Å². The number of para-hydroxylation sites is 1. The van der Waals surface area contributed by atoms with E-state index in [9.17, 15) is 14.7 Å². The Morgan fingerprint density at radius 3 is 2.43 bits per heavy atom. The van der Waals surface area contributed by atoms with E-state index in [1.807, 2.05) is 0 Å². The van der Waals surface area contributed by atoms with Crippen molar-refractivity contribution < 1.29 is 19.4 Å². The highest BCUT2D eigenvalue weighted by molar-refractivity contribution is 9.10. The Morgan fingerprint density at radius 1 is 1.10 bits per heavy atom. The number of phenols is 1. The number of hydrogen-bond acceptors (Lipinski definition) is 4. The third-order valence-electron chi connectivity index (χ3n) is 2.81. The smallest absolute Gasteiger partial charge is 0.341 e. The van der Waals surface area contributed by atoms with Gasteiger partial charge in [-0.15, -0.1) is 0 Å². The first-order valence-corrected chi connectivity index (χ1v) is 6.80. The van der Waals surface area contributed by atoms with E-state index in [-0.39, 0.29) is 17.0 Å². The zero-order valence-corrected chi connectivity index (χ0v) is 12.7. The molecule has 0 unspecified atom stereocenters. The predicted molar refractivity (Wildman–Crippen MR) is 81.5 cm³/mol. The minimum atomic E-state index is -0.676. The summed E-state index contributed by atoms with van der Waals surface area (Å²) in [6, 6.07) is 11.3. The number of rotatable bonds is 3. The van der Waals surface area contributed by atoms with E-state index in [2.05, 4.69) is 26.0 Å². The van der Waals surface area contributed by atoms with Crippen LogP contribution in [0.25, 0.3) is 0 Å². The number of anilines is 1. The molecule has 0 aliphatic carbocycles. The molecule has 0 saturated heterocycles. The molecule has 0 fully saturated rings. The summed E-state index contributed by atoms with van der Waals surface area (Å²) in [4.78, 5) is 23.7. The molecular weight excluding hydrogens is 338 g/mol. The van der Waals surface area contributed by atoms with Crippen molar-refractivity contribution in [3.63, 3.8) is 0 Å². The Balaban J connectivity index is 2.30. The highest BCUT2D eigenvalue weighted by Crippen LogP contribution is 2.29. The van der Waals surface area contributed by atoms with Gasteiger partial charge in [-0.1, -0.05) is 18.2 Å². The third-order valence-corrected chi connectivity index (χ3v) is 3.50. The second kappa shape index (κ2) is 6.41. The molecule has 0 spiro atoms. The van der Waals surface area contributed by atoms with Crippen LogP contribution in [0.3, 0.4) is 0 Å². The summed E-state index contributed by atoms with van der Waals surface area (Å²) in [6.45, 7) is 0. The number of benzene rings is 2. The van der Waals surface area contributed by atoms with Crippen molar-refractivity contribution in [1.82, 2.24) is 0 Å². The molecule has 2 N–H and O–H groups in total. The zero-order valence-electron chi connectivity index (χ0n) is 11.1. The monoisotopic (exact) mass is 349 g/mol. The Bertz CT molecular complexity index is 700. The normalized spacial score (nSPS) is 10.0. The highest BCUT2D eigenvalue weighted by atomic mass is 79.9. The second-order valence-corrected chi connectivity index (χ2v) is 4.98. The summed E-state index contributed by atoms with van der Waals surface area (Å²) in [6.07, 6.45) is 0. The minimum absolute atomic E-state index is 0.0116.